The highest BCUT2D eigenvalue weighted by atomic mass is 35.5. The predicted molar refractivity (Wildman–Crippen MR) is 90.7 cm³/mol. The average molecular weight is 359 g/mol. The number of nitrogens with one attached hydrogen (secondary N) is 1. The fourth-order valence-corrected chi connectivity index (χ4v) is 2.57. The summed E-state index contributed by atoms with van der Waals surface area (Å²) in [6, 6.07) is 9.04. The Bertz CT molecular complexity index is 679. The zero-order valence-corrected chi connectivity index (χ0v) is 14.1. The lowest BCUT2D eigenvalue weighted by Crippen LogP contribution is -2.30. The second-order valence-corrected chi connectivity index (χ2v) is 6.11. The normalized spacial score (nSPS) is 10.8. The molecule has 0 saturated heterocycles. The summed E-state index contributed by atoms with van der Waals surface area (Å²) in [6.07, 6.45) is 1.43. The largest absolute Gasteiger partial charge is 0.308 e. The number of carbonyl (C=O) groups excluding carboxylic acids is 1. The van der Waals surface area contributed by atoms with Crippen molar-refractivity contribution in [2.75, 3.05) is 18.9 Å². The van der Waals surface area contributed by atoms with E-state index in [1.807, 2.05) is 36.2 Å². The smallest absolute Gasteiger partial charge is 0.239 e. The first-order valence-corrected chi connectivity index (χ1v) is 7.61. The monoisotopic (exact) mass is 357 g/mol. The average Bonchev–Trinajstić information content (AvgIpc) is 2.41. The Kier molecular flexibility index (Phi) is 6.03. The van der Waals surface area contributed by atoms with Crippen molar-refractivity contribution in [2.24, 2.45) is 0 Å². The second kappa shape index (κ2) is 7.79. The van der Waals surface area contributed by atoms with Crippen LogP contribution in [0.2, 0.25) is 15.1 Å². The van der Waals surface area contributed by atoms with E-state index in [2.05, 4.69) is 10.3 Å². The van der Waals surface area contributed by atoms with Gasteiger partial charge in [0.1, 0.15) is 0 Å². The van der Waals surface area contributed by atoms with Crippen molar-refractivity contribution < 1.29 is 4.79 Å². The number of aromatic nitrogens is 1. The molecule has 1 N–H and O–H groups in total. The number of halogens is 3. The van der Waals surface area contributed by atoms with Gasteiger partial charge in [-0.25, -0.2) is 4.98 Å². The Hall–Kier alpha value is -1.33. The summed E-state index contributed by atoms with van der Waals surface area (Å²) in [5, 5.41) is 4.05. The van der Waals surface area contributed by atoms with E-state index in [0.717, 1.165) is 5.56 Å². The molecule has 0 aliphatic heterocycles. The van der Waals surface area contributed by atoms with E-state index in [0.29, 0.717) is 27.4 Å². The lowest BCUT2D eigenvalue weighted by atomic mass is 10.2. The molecule has 0 aliphatic carbocycles. The van der Waals surface area contributed by atoms with Gasteiger partial charge in [-0.3, -0.25) is 9.69 Å². The zero-order valence-electron chi connectivity index (χ0n) is 11.8. The summed E-state index contributed by atoms with van der Waals surface area (Å²) in [4.78, 5) is 17.9. The van der Waals surface area contributed by atoms with Gasteiger partial charge >= 0.3 is 0 Å². The summed E-state index contributed by atoms with van der Waals surface area (Å²) < 4.78 is 0. The SMILES string of the molecule is CN(CC(=O)Nc1ncc(Cl)cc1Cl)Cc1cccc(Cl)c1. The number of nitrogens with zero attached hydrogens (tertiary/aromatic N) is 2. The summed E-state index contributed by atoms with van der Waals surface area (Å²) in [5.41, 5.74) is 1.03. The standard InChI is InChI=1S/C15H14Cl3N3O/c1-21(8-10-3-2-4-11(16)5-10)9-14(22)20-15-13(18)6-12(17)7-19-15/h2-7H,8-9H2,1H3,(H,19,20,22). The van der Waals surface area contributed by atoms with E-state index >= 15 is 0 Å². The first kappa shape index (κ1) is 17.0. The maximum atomic E-state index is 12.0. The molecule has 2 aromatic rings. The van der Waals surface area contributed by atoms with Gasteiger partial charge in [0.2, 0.25) is 5.91 Å². The molecular weight excluding hydrogens is 345 g/mol. The molecule has 2 rings (SSSR count). The highest BCUT2D eigenvalue weighted by molar-refractivity contribution is 6.36. The van der Waals surface area contributed by atoms with E-state index in [9.17, 15) is 4.79 Å². The molecule has 1 amide bonds. The predicted octanol–water partition coefficient (Wildman–Crippen LogP) is 4.11. The van der Waals surface area contributed by atoms with Crippen LogP contribution >= 0.6 is 34.8 Å². The molecule has 0 unspecified atom stereocenters. The molecular formula is C15H14Cl3N3O. The quantitative estimate of drug-likeness (QED) is 0.875. The number of amides is 1. The first-order chi connectivity index (χ1) is 10.4. The van der Waals surface area contributed by atoms with Crippen molar-refractivity contribution in [3.8, 4) is 0 Å². The number of hydrogen-bond acceptors (Lipinski definition) is 3. The highest BCUT2D eigenvalue weighted by Crippen LogP contribution is 2.22. The first-order valence-electron chi connectivity index (χ1n) is 6.48. The molecule has 7 heteroatoms. The third-order valence-electron chi connectivity index (χ3n) is 2.82. The van der Waals surface area contributed by atoms with Crippen LogP contribution in [-0.2, 0) is 11.3 Å². The van der Waals surface area contributed by atoms with Gasteiger partial charge < -0.3 is 5.32 Å². The maximum absolute atomic E-state index is 12.0. The Balaban J connectivity index is 1.91. The van der Waals surface area contributed by atoms with Crippen LogP contribution in [0, 0.1) is 0 Å². The van der Waals surface area contributed by atoms with Crippen molar-refractivity contribution in [3.05, 3.63) is 57.2 Å². The molecule has 0 bridgehead atoms. The molecule has 0 aliphatic rings. The highest BCUT2D eigenvalue weighted by Gasteiger charge is 2.11. The van der Waals surface area contributed by atoms with E-state index in [1.165, 1.54) is 12.3 Å². The van der Waals surface area contributed by atoms with Crippen LogP contribution in [-0.4, -0.2) is 29.4 Å². The molecule has 1 aromatic carbocycles. The Morgan fingerprint density at radius 3 is 2.68 bits per heavy atom. The molecule has 0 radical (unpaired) electrons. The number of benzene rings is 1. The van der Waals surface area contributed by atoms with E-state index in [1.54, 1.807) is 0 Å². The van der Waals surface area contributed by atoms with Crippen LogP contribution in [0.15, 0.2) is 36.5 Å². The number of pyridine rings is 1. The Morgan fingerprint density at radius 2 is 2.00 bits per heavy atom. The molecule has 0 spiro atoms. The third-order valence-corrected chi connectivity index (χ3v) is 3.55. The van der Waals surface area contributed by atoms with E-state index in [4.69, 9.17) is 34.8 Å². The molecule has 0 saturated carbocycles. The van der Waals surface area contributed by atoms with Gasteiger partial charge in [-0.2, -0.15) is 0 Å². The Morgan fingerprint density at radius 1 is 1.23 bits per heavy atom. The van der Waals surface area contributed by atoms with Crippen LogP contribution in [0.3, 0.4) is 0 Å². The van der Waals surface area contributed by atoms with Crippen molar-refractivity contribution in [1.29, 1.82) is 0 Å². The van der Waals surface area contributed by atoms with Gasteiger partial charge in [0, 0.05) is 17.8 Å². The maximum Gasteiger partial charge on any atom is 0.239 e. The number of hydrogen-bond donors (Lipinski definition) is 1. The van der Waals surface area contributed by atoms with Crippen molar-refractivity contribution >= 4 is 46.5 Å². The van der Waals surface area contributed by atoms with Crippen LogP contribution in [0.1, 0.15) is 5.56 Å². The molecule has 0 atom stereocenters. The topological polar surface area (TPSA) is 45.2 Å². The lowest BCUT2D eigenvalue weighted by Gasteiger charge is -2.16. The minimum Gasteiger partial charge on any atom is -0.308 e. The molecule has 1 aromatic heterocycles. The van der Waals surface area contributed by atoms with E-state index in [-0.39, 0.29) is 12.5 Å². The number of anilines is 1. The molecule has 1 heterocycles. The van der Waals surface area contributed by atoms with Gasteiger partial charge in [-0.1, -0.05) is 46.9 Å². The van der Waals surface area contributed by atoms with E-state index < -0.39 is 0 Å². The van der Waals surface area contributed by atoms with Gasteiger partial charge in [-0.05, 0) is 30.8 Å². The van der Waals surface area contributed by atoms with Gasteiger partial charge in [0.15, 0.2) is 5.82 Å². The summed E-state index contributed by atoms with van der Waals surface area (Å²) in [7, 11) is 1.84. The van der Waals surface area contributed by atoms with Crippen molar-refractivity contribution in [2.45, 2.75) is 6.54 Å². The number of carbonyl (C=O) groups is 1. The number of rotatable bonds is 5. The molecule has 4 nitrogen and oxygen atoms in total. The Labute approximate surface area is 144 Å². The lowest BCUT2D eigenvalue weighted by molar-refractivity contribution is -0.117. The summed E-state index contributed by atoms with van der Waals surface area (Å²) >= 11 is 17.7. The van der Waals surface area contributed by atoms with Crippen LogP contribution < -0.4 is 5.32 Å². The van der Waals surface area contributed by atoms with Crippen LogP contribution in [0.4, 0.5) is 5.82 Å². The summed E-state index contributed by atoms with van der Waals surface area (Å²) in [5.74, 6) is 0.0912. The van der Waals surface area contributed by atoms with Gasteiger partial charge in [0.05, 0.1) is 16.6 Å². The summed E-state index contributed by atoms with van der Waals surface area (Å²) in [6.45, 7) is 0.808. The zero-order chi connectivity index (χ0) is 16.1. The third kappa shape index (κ3) is 5.14. The van der Waals surface area contributed by atoms with Crippen molar-refractivity contribution in [1.82, 2.24) is 9.88 Å². The second-order valence-electron chi connectivity index (χ2n) is 4.83. The van der Waals surface area contributed by atoms with Gasteiger partial charge in [-0.15, -0.1) is 0 Å². The minimum absolute atomic E-state index is 0.202. The van der Waals surface area contributed by atoms with Crippen molar-refractivity contribution in [3.63, 3.8) is 0 Å². The van der Waals surface area contributed by atoms with Gasteiger partial charge in [0.25, 0.3) is 0 Å². The van der Waals surface area contributed by atoms with Crippen LogP contribution in [0.25, 0.3) is 0 Å². The number of likely N-dealkylation sites (N-methyl/N-ethyl adjacent to an activating group) is 1. The van der Waals surface area contributed by atoms with Crippen LogP contribution in [0.5, 0.6) is 0 Å². The fraction of sp³-hybridized carbons (Fsp3) is 0.200. The molecule has 116 valence electrons. The fourth-order valence-electron chi connectivity index (χ4n) is 1.93. The minimum atomic E-state index is -0.207. The molecule has 22 heavy (non-hydrogen) atoms. The molecule has 0 fully saturated rings.